The molecule has 208 valence electrons. The van der Waals surface area contributed by atoms with E-state index in [0.717, 1.165) is 57.8 Å². The summed E-state index contributed by atoms with van der Waals surface area (Å²) < 4.78 is 5.46. The zero-order chi connectivity index (χ0) is 27.2. The van der Waals surface area contributed by atoms with Crippen LogP contribution in [0.1, 0.15) is 106 Å². The highest BCUT2D eigenvalue weighted by molar-refractivity contribution is 5.81. The smallest absolute Gasteiger partial charge is 0.341 e. The number of allylic oxidation sites excluding steroid dienone is 2. The fraction of sp³-hybridized carbons (Fsp3) is 0.875. The van der Waals surface area contributed by atoms with Crippen molar-refractivity contribution >= 4 is 11.9 Å². The molecule has 5 aliphatic rings. The van der Waals surface area contributed by atoms with Crippen molar-refractivity contribution in [3.8, 4) is 0 Å². The molecule has 0 bridgehead atoms. The molecule has 0 saturated heterocycles. The van der Waals surface area contributed by atoms with E-state index in [4.69, 9.17) is 4.74 Å². The SMILES string of the molecule is C[C@H]1[C@H](C)CC[C@]2(C(=O)OCC(=O)O)CC[C@]3(C)C(=CC[C@@H]4[C@@]5(C)CC[C@H](O)C(C)(C)[C@@H]5CC[C@]43C)[C@H]12. The normalized spacial score (nSPS) is 50.4. The van der Waals surface area contributed by atoms with Crippen molar-refractivity contribution in [3.05, 3.63) is 11.6 Å². The van der Waals surface area contributed by atoms with Gasteiger partial charge in [0.15, 0.2) is 6.61 Å². The third-order valence-corrected chi connectivity index (χ3v) is 13.7. The highest BCUT2D eigenvalue weighted by Crippen LogP contribution is 2.75. The lowest BCUT2D eigenvalue weighted by Gasteiger charge is -2.71. The molecule has 0 aliphatic heterocycles. The van der Waals surface area contributed by atoms with Crippen LogP contribution in [0.15, 0.2) is 11.6 Å². The lowest BCUT2D eigenvalue weighted by Crippen LogP contribution is -2.65. The standard InChI is InChI=1S/C32H50O5/c1-19-10-15-32(27(36)37-18-25(34)35)17-16-30(6)21(26(32)20(19)2)8-9-23-29(5)13-12-24(33)28(3,4)22(29)11-14-31(23,30)7/h8,19-20,22-24,26,33H,9-18H2,1-7H3,(H,34,35)/t19-,20+,22+,23-,24+,26+,29+,30-,31-,32+/m1/s1. The second-order valence-electron chi connectivity index (χ2n) is 15.1. The van der Waals surface area contributed by atoms with E-state index in [-0.39, 0.29) is 39.7 Å². The van der Waals surface area contributed by atoms with E-state index in [9.17, 15) is 19.8 Å². The summed E-state index contributed by atoms with van der Waals surface area (Å²) in [5.41, 5.74) is 1.15. The fourth-order valence-corrected chi connectivity index (χ4v) is 11.1. The lowest BCUT2D eigenvalue weighted by atomic mass is 9.33. The van der Waals surface area contributed by atoms with E-state index in [1.807, 2.05) is 0 Å². The third kappa shape index (κ3) is 3.50. The minimum atomic E-state index is -1.09. The van der Waals surface area contributed by atoms with Gasteiger partial charge in [0.2, 0.25) is 0 Å². The lowest BCUT2D eigenvalue weighted by molar-refractivity contribution is -0.207. The molecular formula is C32H50O5. The molecule has 0 radical (unpaired) electrons. The molecule has 37 heavy (non-hydrogen) atoms. The summed E-state index contributed by atoms with van der Waals surface area (Å²) in [5, 5.41) is 20.1. The number of hydrogen-bond donors (Lipinski definition) is 2. The van der Waals surface area contributed by atoms with Gasteiger partial charge in [0.25, 0.3) is 0 Å². The number of hydrogen-bond acceptors (Lipinski definition) is 4. The van der Waals surface area contributed by atoms with Crippen LogP contribution in [0.5, 0.6) is 0 Å². The molecule has 4 saturated carbocycles. The Labute approximate surface area is 223 Å². The number of fused-ring (bicyclic) bond motifs is 7. The summed E-state index contributed by atoms with van der Waals surface area (Å²) >= 11 is 0. The van der Waals surface area contributed by atoms with E-state index in [1.165, 1.54) is 5.57 Å². The zero-order valence-corrected chi connectivity index (χ0v) is 24.2. The second kappa shape index (κ2) is 8.57. The zero-order valence-electron chi connectivity index (χ0n) is 24.2. The van der Waals surface area contributed by atoms with Gasteiger partial charge >= 0.3 is 11.9 Å². The minimum Gasteiger partial charge on any atom is -0.479 e. The topological polar surface area (TPSA) is 83.8 Å². The van der Waals surface area contributed by atoms with Crippen molar-refractivity contribution in [2.45, 2.75) is 112 Å². The van der Waals surface area contributed by atoms with Crippen LogP contribution in [0.4, 0.5) is 0 Å². The number of carboxylic acid groups (broad SMARTS) is 1. The summed E-state index contributed by atoms with van der Waals surface area (Å²) in [6.07, 6.45) is 11.2. The van der Waals surface area contributed by atoms with Crippen LogP contribution >= 0.6 is 0 Å². The van der Waals surface area contributed by atoms with Crippen molar-refractivity contribution in [3.63, 3.8) is 0 Å². The second-order valence-corrected chi connectivity index (χ2v) is 15.1. The van der Waals surface area contributed by atoms with E-state index in [2.05, 4.69) is 54.5 Å². The quantitative estimate of drug-likeness (QED) is 0.326. The molecule has 2 N–H and O–H groups in total. The van der Waals surface area contributed by atoms with Gasteiger partial charge in [-0.05, 0) is 109 Å². The van der Waals surface area contributed by atoms with Gasteiger partial charge in [0, 0.05) is 0 Å². The molecule has 0 amide bonds. The van der Waals surface area contributed by atoms with E-state index in [0.29, 0.717) is 23.7 Å². The number of aliphatic carboxylic acids is 1. The van der Waals surface area contributed by atoms with E-state index < -0.39 is 18.0 Å². The molecule has 0 aromatic heterocycles. The number of aliphatic hydroxyl groups excluding tert-OH is 1. The molecule has 0 aromatic carbocycles. The predicted octanol–water partition coefficient (Wildman–Crippen LogP) is 6.63. The van der Waals surface area contributed by atoms with Crippen molar-refractivity contribution < 1.29 is 24.5 Å². The summed E-state index contributed by atoms with van der Waals surface area (Å²) in [6.45, 7) is 16.2. The van der Waals surface area contributed by atoms with Gasteiger partial charge in [-0.3, -0.25) is 4.79 Å². The number of rotatable bonds is 3. The number of carboxylic acids is 1. The molecule has 5 heteroatoms. The largest absolute Gasteiger partial charge is 0.479 e. The van der Waals surface area contributed by atoms with Crippen LogP contribution < -0.4 is 0 Å². The molecule has 5 nitrogen and oxygen atoms in total. The predicted molar refractivity (Wildman–Crippen MR) is 144 cm³/mol. The third-order valence-electron chi connectivity index (χ3n) is 13.7. The van der Waals surface area contributed by atoms with Gasteiger partial charge in [-0.2, -0.15) is 0 Å². The Morgan fingerprint density at radius 3 is 2.32 bits per heavy atom. The van der Waals surface area contributed by atoms with Gasteiger partial charge < -0.3 is 14.9 Å². The Kier molecular flexibility index (Phi) is 6.30. The monoisotopic (exact) mass is 514 g/mol. The highest BCUT2D eigenvalue weighted by Gasteiger charge is 2.69. The Balaban J connectivity index is 1.57. The molecule has 0 aromatic rings. The van der Waals surface area contributed by atoms with Gasteiger partial charge in [-0.1, -0.05) is 60.1 Å². The van der Waals surface area contributed by atoms with Crippen LogP contribution in [0.2, 0.25) is 0 Å². The van der Waals surface area contributed by atoms with E-state index >= 15 is 0 Å². The Bertz CT molecular complexity index is 999. The summed E-state index contributed by atoms with van der Waals surface area (Å²) in [4.78, 5) is 24.9. The summed E-state index contributed by atoms with van der Waals surface area (Å²) in [6, 6.07) is 0. The molecule has 0 spiro atoms. The number of carbonyl (C=O) groups is 2. The molecular weight excluding hydrogens is 464 g/mol. The first-order chi connectivity index (χ1) is 17.1. The van der Waals surface area contributed by atoms with Crippen LogP contribution in [0.3, 0.4) is 0 Å². The first kappa shape index (κ1) is 27.2. The maximum atomic E-state index is 13.7. The van der Waals surface area contributed by atoms with Crippen molar-refractivity contribution in [2.24, 2.45) is 56.7 Å². The van der Waals surface area contributed by atoms with Crippen molar-refractivity contribution in [1.82, 2.24) is 0 Å². The molecule has 5 rings (SSSR count). The van der Waals surface area contributed by atoms with Gasteiger partial charge in [-0.25, -0.2) is 4.79 Å². The molecule has 4 fully saturated rings. The van der Waals surface area contributed by atoms with Crippen LogP contribution in [0.25, 0.3) is 0 Å². The maximum Gasteiger partial charge on any atom is 0.341 e. The van der Waals surface area contributed by atoms with Crippen molar-refractivity contribution in [1.29, 1.82) is 0 Å². The molecule has 5 aliphatic carbocycles. The highest BCUT2D eigenvalue weighted by atomic mass is 16.6. The Morgan fingerprint density at radius 2 is 1.65 bits per heavy atom. The van der Waals surface area contributed by atoms with Gasteiger partial charge in [0.1, 0.15) is 0 Å². The van der Waals surface area contributed by atoms with Crippen LogP contribution in [-0.2, 0) is 14.3 Å². The van der Waals surface area contributed by atoms with Gasteiger partial charge in [-0.15, -0.1) is 0 Å². The summed E-state index contributed by atoms with van der Waals surface area (Å²) in [5.74, 6) is 0.694. The van der Waals surface area contributed by atoms with Gasteiger partial charge in [0.05, 0.1) is 11.5 Å². The minimum absolute atomic E-state index is 0.0106. The maximum absolute atomic E-state index is 13.7. The average Bonchev–Trinajstić information content (AvgIpc) is 2.83. The van der Waals surface area contributed by atoms with Crippen molar-refractivity contribution in [2.75, 3.05) is 6.61 Å². The Hall–Kier alpha value is -1.36. The molecule has 10 atom stereocenters. The first-order valence-corrected chi connectivity index (χ1v) is 14.9. The van der Waals surface area contributed by atoms with E-state index in [1.54, 1.807) is 0 Å². The van der Waals surface area contributed by atoms with Crippen LogP contribution in [0, 0.1) is 56.7 Å². The fourth-order valence-electron chi connectivity index (χ4n) is 11.1. The number of aliphatic hydroxyl groups is 1. The first-order valence-electron chi connectivity index (χ1n) is 14.9. The number of ether oxygens (including phenoxy) is 1. The molecule has 0 unspecified atom stereocenters. The summed E-state index contributed by atoms with van der Waals surface area (Å²) in [7, 11) is 0. The van der Waals surface area contributed by atoms with Crippen LogP contribution in [-0.4, -0.2) is 34.9 Å². The molecule has 0 heterocycles. The number of carbonyl (C=O) groups excluding carboxylic acids is 1. The average molecular weight is 515 g/mol. The Morgan fingerprint density at radius 1 is 0.946 bits per heavy atom. The number of esters is 1.